The van der Waals surface area contributed by atoms with Gasteiger partial charge in [0.1, 0.15) is 0 Å². The van der Waals surface area contributed by atoms with E-state index in [-0.39, 0.29) is 10.8 Å². The molecule has 1 heterocycles. The second kappa shape index (κ2) is 6.86. The molecule has 0 bridgehead atoms. The normalized spacial score (nSPS) is 9.95. The highest BCUT2D eigenvalue weighted by molar-refractivity contribution is 8.13. The summed E-state index contributed by atoms with van der Waals surface area (Å²) in [5.74, 6) is 6.63. The lowest BCUT2D eigenvalue weighted by atomic mass is 10.1. The molecule has 0 unspecified atom stereocenters. The van der Waals surface area contributed by atoms with E-state index in [0.717, 1.165) is 5.56 Å². The third kappa shape index (κ3) is 3.80. The number of nitro benzene ring substituents is 1. The predicted octanol–water partition coefficient (Wildman–Crippen LogP) is 3.16. The van der Waals surface area contributed by atoms with E-state index < -0.39 is 4.92 Å². The summed E-state index contributed by atoms with van der Waals surface area (Å²) in [5.41, 5.74) is 0.751. The Kier molecular flexibility index (Phi) is 4.90. The van der Waals surface area contributed by atoms with Crippen LogP contribution in [0.3, 0.4) is 0 Å². The molecule has 0 N–H and O–H groups in total. The first kappa shape index (κ1) is 15.0. The van der Waals surface area contributed by atoms with Gasteiger partial charge in [-0.25, -0.2) is 0 Å². The van der Waals surface area contributed by atoms with Crippen LogP contribution in [0.4, 0.5) is 5.69 Å². The van der Waals surface area contributed by atoms with E-state index in [1.165, 1.54) is 30.9 Å². The third-order valence-corrected chi connectivity index (χ3v) is 3.56. The van der Waals surface area contributed by atoms with Gasteiger partial charge in [-0.15, -0.1) is 0 Å². The summed E-state index contributed by atoms with van der Waals surface area (Å²) in [6.45, 7) is 1.52. The second-order valence-corrected chi connectivity index (χ2v) is 5.47. The molecule has 0 saturated carbocycles. The van der Waals surface area contributed by atoms with Gasteiger partial charge in [-0.1, -0.05) is 23.6 Å². The van der Waals surface area contributed by atoms with E-state index in [1.807, 2.05) is 0 Å². The zero-order chi connectivity index (χ0) is 15.2. The first-order valence-corrected chi connectivity index (χ1v) is 7.21. The Bertz CT molecular complexity index is 762. The maximum Gasteiger partial charge on any atom is 0.278 e. The van der Waals surface area contributed by atoms with Crippen molar-refractivity contribution in [1.29, 1.82) is 0 Å². The van der Waals surface area contributed by atoms with Crippen LogP contribution in [-0.4, -0.2) is 20.8 Å². The van der Waals surface area contributed by atoms with Gasteiger partial charge in [0.2, 0.25) is 0 Å². The van der Waals surface area contributed by atoms with Gasteiger partial charge in [0.05, 0.1) is 10.3 Å². The maximum absolute atomic E-state index is 11.0. The molecular weight excluding hydrogens is 288 g/mol. The van der Waals surface area contributed by atoms with E-state index in [9.17, 15) is 14.9 Å². The quantitative estimate of drug-likeness (QED) is 0.377. The summed E-state index contributed by atoms with van der Waals surface area (Å²) >= 11 is 1.24. The Balaban J connectivity index is 2.30. The minimum absolute atomic E-state index is 0.0239. The Morgan fingerprint density at radius 3 is 2.90 bits per heavy atom. The average Bonchev–Trinajstić information content (AvgIpc) is 2.46. The molecule has 0 fully saturated rings. The lowest BCUT2D eigenvalue weighted by molar-refractivity contribution is -0.383. The van der Waals surface area contributed by atoms with Crippen LogP contribution in [0.25, 0.3) is 10.8 Å². The molecule has 2 rings (SSSR count). The van der Waals surface area contributed by atoms with Crippen molar-refractivity contribution >= 4 is 33.3 Å². The largest absolute Gasteiger partial charge is 0.288 e. The SMILES string of the molecule is CC(=O)SCCC#Cc1ccc([N+](=O)[O-])c2cnccc12. The fourth-order valence-electron chi connectivity index (χ4n) is 1.85. The third-order valence-electron chi connectivity index (χ3n) is 2.75. The molecule has 106 valence electrons. The number of carbonyl (C=O) groups excluding carboxylic acids is 1. The molecule has 0 aliphatic carbocycles. The Labute approximate surface area is 125 Å². The van der Waals surface area contributed by atoms with Gasteiger partial charge >= 0.3 is 0 Å². The predicted molar refractivity (Wildman–Crippen MR) is 83.0 cm³/mol. The van der Waals surface area contributed by atoms with Crippen molar-refractivity contribution in [1.82, 2.24) is 4.98 Å². The number of hydrogen-bond acceptors (Lipinski definition) is 5. The van der Waals surface area contributed by atoms with Gasteiger partial charge in [0, 0.05) is 48.5 Å². The summed E-state index contributed by atoms with van der Waals surface area (Å²) in [5, 5.41) is 12.3. The molecule has 21 heavy (non-hydrogen) atoms. The number of thioether (sulfide) groups is 1. The van der Waals surface area contributed by atoms with Gasteiger partial charge in [0.15, 0.2) is 5.12 Å². The summed E-state index contributed by atoms with van der Waals surface area (Å²) in [7, 11) is 0. The van der Waals surface area contributed by atoms with Gasteiger partial charge in [-0.3, -0.25) is 19.9 Å². The van der Waals surface area contributed by atoms with E-state index in [0.29, 0.717) is 22.9 Å². The van der Waals surface area contributed by atoms with E-state index >= 15 is 0 Å². The second-order valence-electron chi connectivity index (χ2n) is 4.20. The summed E-state index contributed by atoms with van der Waals surface area (Å²) in [6.07, 6.45) is 3.65. The molecular formula is C15H12N2O3S. The molecule has 5 nitrogen and oxygen atoms in total. The van der Waals surface area contributed by atoms with Crippen molar-refractivity contribution in [2.24, 2.45) is 0 Å². The van der Waals surface area contributed by atoms with Crippen LogP contribution in [0, 0.1) is 22.0 Å². The van der Waals surface area contributed by atoms with E-state index in [1.54, 1.807) is 18.3 Å². The summed E-state index contributed by atoms with van der Waals surface area (Å²) in [6, 6.07) is 4.81. The van der Waals surface area contributed by atoms with Crippen molar-refractivity contribution in [3.63, 3.8) is 0 Å². The first-order valence-electron chi connectivity index (χ1n) is 6.23. The number of carbonyl (C=O) groups is 1. The molecule has 2 aromatic rings. The van der Waals surface area contributed by atoms with Gasteiger partial charge in [-0.2, -0.15) is 0 Å². The average molecular weight is 300 g/mol. The molecule has 0 aliphatic heterocycles. The minimum atomic E-state index is -0.426. The highest BCUT2D eigenvalue weighted by Gasteiger charge is 2.13. The van der Waals surface area contributed by atoms with Crippen molar-refractivity contribution in [3.05, 3.63) is 46.3 Å². The number of hydrogen-bond donors (Lipinski definition) is 0. The monoisotopic (exact) mass is 300 g/mol. The topological polar surface area (TPSA) is 73.1 Å². The van der Waals surface area contributed by atoms with Crippen LogP contribution in [0.2, 0.25) is 0 Å². The molecule has 0 radical (unpaired) electrons. The van der Waals surface area contributed by atoms with Crippen molar-refractivity contribution in [2.45, 2.75) is 13.3 Å². The highest BCUT2D eigenvalue weighted by Crippen LogP contribution is 2.27. The van der Waals surface area contributed by atoms with Crippen molar-refractivity contribution in [2.75, 3.05) is 5.75 Å². The van der Waals surface area contributed by atoms with Crippen LogP contribution in [-0.2, 0) is 4.79 Å². The molecule has 6 heteroatoms. The zero-order valence-electron chi connectivity index (χ0n) is 11.3. The highest BCUT2D eigenvalue weighted by atomic mass is 32.2. The van der Waals surface area contributed by atoms with Gasteiger partial charge in [0.25, 0.3) is 5.69 Å². The maximum atomic E-state index is 11.0. The molecule has 1 aromatic heterocycles. The Morgan fingerprint density at radius 1 is 1.38 bits per heavy atom. The number of nitro groups is 1. The molecule has 0 amide bonds. The zero-order valence-corrected chi connectivity index (χ0v) is 12.1. The lowest BCUT2D eigenvalue weighted by Crippen LogP contribution is -1.92. The lowest BCUT2D eigenvalue weighted by Gasteiger charge is -2.01. The number of nitrogens with zero attached hydrogens (tertiary/aromatic N) is 2. The van der Waals surface area contributed by atoms with Gasteiger partial charge < -0.3 is 0 Å². The van der Waals surface area contributed by atoms with Crippen LogP contribution in [0.15, 0.2) is 30.6 Å². The summed E-state index contributed by atoms with van der Waals surface area (Å²) in [4.78, 5) is 25.3. The number of rotatable bonds is 3. The van der Waals surface area contributed by atoms with Crippen LogP contribution in [0.1, 0.15) is 18.9 Å². The van der Waals surface area contributed by atoms with Crippen LogP contribution in [0.5, 0.6) is 0 Å². The molecule has 0 aliphatic rings. The standard InChI is InChI=1S/C15H12N2O3S/c1-11(18)21-9-3-2-4-12-5-6-15(17(19)20)14-10-16-8-7-13(12)14/h5-8,10H,3,9H2,1H3. The Morgan fingerprint density at radius 2 is 2.19 bits per heavy atom. The van der Waals surface area contributed by atoms with E-state index in [2.05, 4.69) is 16.8 Å². The molecule has 1 aromatic carbocycles. The number of benzene rings is 1. The van der Waals surface area contributed by atoms with E-state index in [4.69, 9.17) is 0 Å². The molecule has 0 saturated heterocycles. The Hall–Kier alpha value is -2.39. The number of aromatic nitrogens is 1. The smallest absolute Gasteiger partial charge is 0.278 e. The van der Waals surface area contributed by atoms with Gasteiger partial charge in [-0.05, 0) is 12.1 Å². The molecule has 0 atom stereocenters. The van der Waals surface area contributed by atoms with Crippen LogP contribution < -0.4 is 0 Å². The van der Waals surface area contributed by atoms with Crippen molar-refractivity contribution in [3.8, 4) is 11.8 Å². The fourth-order valence-corrected chi connectivity index (χ4v) is 2.34. The fraction of sp³-hybridized carbons (Fsp3) is 0.200. The number of non-ortho nitro benzene ring substituents is 1. The van der Waals surface area contributed by atoms with Crippen molar-refractivity contribution < 1.29 is 9.72 Å². The molecule has 0 spiro atoms. The summed E-state index contributed by atoms with van der Waals surface area (Å²) < 4.78 is 0. The minimum Gasteiger partial charge on any atom is -0.288 e. The van der Waals surface area contributed by atoms with Crippen LogP contribution >= 0.6 is 11.8 Å². The number of pyridine rings is 1. The first-order chi connectivity index (χ1) is 10.1. The number of fused-ring (bicyclic) bond motifs is 1.